The van der Waals surface area contributed by atoms with Crippen molar-refractivity contribution in [3.8, 4) is 0 Å². The first-order valence-electron chi connectivity index (χ1n) is 5.12. The molecule has 1 aliphatic heterocycles. The molecule has 0 atom stereocenters. The Kier molecular flexibility index (Phi) is 2.82. The van der Waals surface area contributed by atoms with Gasteiger partial charge in [0.25, 0.3) is 0 Å². The number of thioether (sulfide) groups is 1. The Hall–Kier alpha value is -0.180. The summed E-state index contributed by atoms with van der Waals surface area (Å²) in [7, 11) is 0. The Morgan fingerprint density at radius 1 is 1.08 bits per heavy atom. The summed E-state index contributed by atoms with van der Waals surface area (Å²) in [6, 6.07) is 0. The minimum absolute atomic E-state index is 0.624. The molecule has 1 aliphatic carbocycles. The van der Waals surface area contributed by atoms with E-state index in [4.69, 9.17) is 5.21 Å². The summed E-state index contributed by atoms with van der Waals surface area (Å²) < 4.78 is 0. The van der Waals surface area contributed by atoms with Crippen molar-refractivity contribution in [3.05, 3.63) is 0 Å². The number of hydrogen-bond donors (Lipinski definition) is 1. The van der Waals surface area contributed by atoms with Crippen LogP contribution < -0.4 is 0 Å². The highest BCUT2D eigenvalue weighted by atomic mass is 32.2. The Labute approximate surface area is 83.8 Å². The lowest BCUT2D eigenvalue weighted by molar-refractivity contribution is 0.208. The van der Waals surface area contributed by atoms with Gasteiger partial charge in [-0.2, -0.15) is 11.8 Å². The van der Waals surface area contributed by atoms with Gasteiger partial charge in [-0.1, -0.05) is 5.16 Å². The van der Waals surface area contributed by atoms with E-state index in [1.807, 2.05) is 0 Å². The number of rotatable bonds is 0. The minimum Gasteiger partial charge on any atom is -0.411 e. The van der Waals surface area contributed by atoms with Crippen LogP contribution in [0.1, 0.15) is 38.5 Å². The van der Waals surface area contributed by atoms with Gasteiger partial charge >= 0.3 is 0 Å². The summed E-state index contributed by atoms with van der Waals surface area (Å²) in [5, 5.41) is 12.0. The fraction of sp³-hybridized carbons (Fsp3) is 0.900. The van der Waals surface area contributed by atoms with Gasteiger partial charge in [0.1, 0.15) is 0 Å². The molecule has 2 nitrogen and oxygen atoms in total. The predicted molar refractivity (Wildman–Crippen MR) is 56.7 cm³/mol. The monoisotopic (exact) mass is 199 g/mol. The first kappa shape index (κ1) is 9.38. The topological polar surface area (TPSA) is 32.6 Å². The van der Waals surface area contributed by atoms with E-state index in [0.29, 0.717) is 5.41 Å². The molecule has 13 heavy (non-hydrogen) atoms. The van der Waals surface area contributed by atoms with Crippen LogP contribution in [0.25, 0.3) is 0 Å². The molecule has 1 saturated carbocycles. The lowest BCUT2D eigenvalue weighted by Crippen LogP contribution is -2.31. The minimum atomic E-state index is 0.624. The molecule has 74 valence electrons. The maximum absolute atomic E-state index is 8.66. The molecule has 1 saturated heterocycles. The quantitative estimate of drug-likeness (QED) is 0.480. The smallest absolute Gasteiger partial charge is 0.0571 e. The molecular weight excluding hydrogens is 182 g/mol. The molecule has 1 heterocycles. The molecule has 0 aromatic heterocycles. The van der Waals surface area contributed by atoms with Gasteiger partial charge in [0, 0.05) is 0 Å². The number of nitrogens with zero attached hydrogens (tertiary/aromatic N) is 1. The van der Waals surface area contributed by atoms with E-state index in [-0.39, 0.29) is 0 Å². The van der Waals surface area contributed by atoms with Crippen LogP contribution in [0.2, 0.25) is 0 Å². The van der Waals surface area contributed by atoms with E-state index in [2.05, 4.69) is 16.9 Å². The lowest BCUT2D eigenvalue weighted by Gasteiger charge is -2.40. The van der Waals surface area contributed by atoms with Crippen molar-refractivity contribution in [2.45, 2.75) is 38.5 Å². The van der Waals surface area contributed by atoms with E-state index in [1.165, 1.54) is 37.2 Å². The Morgan fingerprint density at radius 3 is 2.23 bits per heavy atom. The molecule has 2 rings (SSSR count). The van der Waals surface area contributed by atoms with E-state index < -0.39 is 0 Å². The molecule has 1 N–H and O–H groups in total. The third-order valence-corrected chi connectivity index (χ3v) is 4.57. The van der Waals surface area contributed by atoms with Gasteiger partial charge in [-0.25, -0.2) is 0 Å². The van der Waals surface area contributed by atoms with Crippen LogP contribution in [0.4, 0.5) is 0 Å². The van der Waals surface area contributed by atoms with Crippen LogP contribution in [-0.4, -0.2) is 22.4 Å². The highest BCUT2D eigenvalue weighted by Gasteiger charge is 2.35. The van der Waals surface area contributed by atoms with Gasteiger partial charge in [-0.05, 0) is 55.4 Å². The van der Waals surface area contributed by atoms with Crippen LogP contribution in [0, 0.1) is 5.41 Å². The molecule has 0 unspecified atom stereocenters. The van der Waals surface area contributed by atoms with E-state index in [9.17, 15) is 0 Å². The zero-order chi connectivity index (χ0) is 9.15. The molecule has 0 amide bonds. The molecular formula is C10H17NOS. The third-order valence-electron chi connectivity index (χ3n) is 3.58. The highest BCUT2D eigenvalue weighted by Crippen LogP contribution is 2.45. The van der Waals surface area contributed by atoms with Crippen molar-refractivity contribution >= 4 is 17.5 Å². The second-order valence-electron chi connectivity index (χ2n) is 4.28. The molecule has 3 heteroatoms. The Morgan fingerprint density at radius 2 is 1.69 bits per heavy atom. The molecule has 0 aromatic rings. The van der Waals surface area contributed by atoms with Crippen LogP contribution in [0.3, 0.4) is 0 Å². The maximum atomic E-state index is 8.66. The van der Waals surface area contributed by atoms with Crippen LogP contribution >= 0.6 is 11.8 Å². The van der Waals surface area contributed by atoms with Gasteiger partial charge in [0.2, 0.25) is 0 Å². The summed E-state index contributed by atoms with van der Waals surface area (Å²) in [6.07, 6.45) is 7.34. The Bertz CT molecular complexity index is 197. The van der Waals surface area contributed by atoms with Crippen molar-refractivity contribution in [3.63, 3.8) is 0 Å². The van der Waals surface area contributed by atoms with Gasteiger partial charge < -0.3 is 5.21 Å². The molecule has 0 aromatic carbocycles. The summed E-state index contributed by atoms with van der Waals surface area (Å²) in [6.45, 7) is 0. The SMILES string of the molecule is ON=C1CCC2(CCSCC2)CC1. The predicted octanol–water partition coefficient (Wildman–Crippen LogP) is 2.90. The Balaban J connectivity index is 1.95. The van der Waals surface area contributed by atoms with Gasteiger partial charge in [0.05, 0.1) is 5.71 Å². The fourth-order valence-corrected chi connectivity index (χ4v) is 3.83. The summed E-state index contributed by atoms with van der Waals surface area (Å²) in [5.74, 6) is 2.68. The molecule has 2 fully saturated rings. The summed E-state index contributed by atoms with van der Waals surface area (Å²) in [5.41, 5.74) is 1.64. The lowest BCUT2D eigenvalue weighted by atomic mass is 9.70. The van der Waals surface area contributed by atoms with E-state index >= 15 is 0 Å². The largest absolute Gasteiger partial charge is 0.411 e. The summed E-state index contributed by atoms with van der Waals surface area (Å²) >= 11 is 2.09. The highest BCUT2D eigenvalue weighted by molar-refractivity contribution is 7.99. The normalized spacial score (nSPS) is 27.5. The average Bonchev–Trinajstić information content (AvgIpc) is 2.20. The standard InChI is InChI=1S/C10H17NOS/c12-11-9-1-3-10(4-2-9)5-7-13-8-6-10/h12H,1-8H2. The zero-order valence-corrected chi connectivity index (χ0v) is 8.78. The van der Waals surface area contributed by atoms with Crippen LogP contribution in [0.15, 0.2) is 5.16 Å². The number of oxime groups is 1. The van der Waals surface area contributed by atoms with Crippen molar-refractivity contribution in [1.29, 1.82) is 0 Å². The molecule has 0 radical (unpaired) electrons. The van der Waals surface area contributed by atoms with E-state index in [0.717, 1.165) is 18.6 Å². The molecule has 1 spiro atoms. The third kappa shape index (κ3) is 2.01. The summed E-state index contributed by atoms with van der Waals surface area (Å²) in [4.78, 5) is 0. The van der Waals surface area contributed by atoms with Crippen LogP contribution in [0.5, 0.6) is 0 Å². The van der Waals surface area contributed by atoms with Gasteiger partial charge in [-0.3, -0.25) is 0 Å². The molecule has 2 aliphatic rings. The fourth-order valence-electron chi connectivity index (χ4n) is 2.47. The maximum Gasteiger partial charge on any atom is 0.0571 e. The average molecular weight is 199 g/mol. The first-order valence-corrected chi connectivity index (χ1v) is 6.28. The van der Waals surface area contributed by atoms with Crippen molar-refractivity contribution < 1.29 is 5.21 Å². The van der Waals surface area contributed by atoms with Crippen molar-refractivity contribution in [2.24, 2.45) is 10.6 Å². The van der Waals surface area contributed by atoms with Gasteiger partial charge in [-0.15, -0.1) is 0 Å². The van der Waals surface area contributed by atoms with Gasteiger partial charge in [0.15, 0.2) is 0 Å². The zero-order valence-electron chi connectivity index (χ0n) is 7.96. The number of hydrogen-bond acceptors (Lipinski definition) is 3. The first-order chi connectivity index (χ1) is 6.35. The van der Waals surface area contributed by atoms with Crippen molar-refractivity contribution in [2.75, 3.05) is 11.5 Å². The second kappa shape index (κ2) is 3.91. The van der Waals surface area contributed by atoms with Crippen LogP contribution in [-0.2, 0) is 0 Å². The molecule has 0 bridgehead atoms. The van der Waals surface area contributed by atoms with Crippen molar-refractivity contribution in [1.82, 2.24) is 0 Å². The van der Waals surface area contributed by atoms with E-state index in [1.54, 1.807) is 0 Å². The second-order valence-corrected chi connectivity index (χ2v) is 5.50.